The van der Waals surface area contributed by atoms with Crippen molar-refractivity contribution >= 4 is 16.8 Å². The molecule has 3 heteroatoms. The summed E-state index contributed by atoms with van der Waals surface area (Å²) in [5, 5.41) is 33.8. The highest BCUT2D eigenvalue weighted by Crippen LogP contribution is 2.53. The van der Waals surface area contributed by atoms with E-state index in [1.165, 1.54) is 0 Å². The summed E-state index contributed by atoms with van der Waals surface area (Å²) in [5.41, 5.74) is 5.37. The van der Waals surface area contributed by atoms with Crippen LogP contribution in [0, 0.1) is 0 Å². The Morgan fingerprint density at radius 3 is 2.11 bits per heavy atom. The molecule has 0 saturated carbocycles. The van der Waals surface area contributed by atoms with Gasteiger partial charge in [0.2, 0.25) is 0 Å². The summed E-state index contributed by atoms with van der Waals surface area (Å²) in [4.78, 5) is 0. The summed E-state index contributed by atoms with van der Waals surface area (Å²) in [7, 11) is 0. The van der Waals surface area contributed by atoms with E-state index in [2.05, 4.69) is 55.5 Å². The molecule has 5 aromatic rings. The van der Waals surface area contributed by atoms with Crippen LogP contribution in [-0.4, -0.2) is 15.3 Å². The summed E-state index contributed by atoms with van der Waals surface area (Å²) in [6.07, 6.45) is 4.23. The number of benzene rings is 5. The van der Waals surface area contributed by atoms with E-state index in [1.807, 2.05) is 42.5 Å². The highest BCUT2D eigenvalue weighted by atomic mass is 16.3. The third-order valence-electron chi connectivity index (χ3n) is 7.59. The lowest BCUT2D eigenvalue weighted by molar-refractivity contribution is 0.434. The molecular formula is C33H26O3. The fourth-order valence-electron chi connectivity index (χ4n) is 5.75. The first kappa shape index (κ1) is 22.0. The number of hydrogen-bond acceptors (Lipinski definition) is 3. The van der Waals surface area contributed by atoms with Gasteiger partial charge in [-0.2, -0.15) is 0 Å². The van der Waals surface area contributed by atoms with Crippen molar-refractivity contribution in [2.24, 2.45) is 0 Å². The van der Waals surface area contributed by atoms with Gasteiger partial charge in [0.25, 0.3) is 0 Å². The zero-order chi connectivity index (χ0) is 24.9. The van der Waals surface area contributed by atoms with Crippen LogP contribution in [0.2, 0.25) is 0 Å². The smallest absolute Gasteiger partial charge is 0.120 e. The number of hydrogen-bond donors (Lipinski definition) is 3. The average Bonchev–Trinajstić information content (AvgIpc) is 3.32. The SMILES string of the molecule is CC(c1ccc(-c2ccccc2)cc1)(c1c(O)ccc2ccc(O)cc12)C1C=Cc2ccc(O)cc21. The summed E-state index contributed by atoms with van der Waals surface area (Å²) in [6.45, 7) is 2.14. The molecule has 36 heavy (non-hydrogen) atoms. The Morgan fingerprint density at radius 2 is 1.33 bits per heavy atom. The Kier molecular flexibility index (Phi) is 5.08. The largest absolute Gasteiger partial charge is 0.508 e. The minimum Gasteiger partial charge on any atom is -0.508 e. The minimum absolute atomic E-state index is 0.149. The van der Waals surface area contributed by atoms with Crippen LogP contribution in [0.5, 0.6) is 17.2 Å². The standard InChI is InChI=1S/C33H26O3/c1-33(30-17-11-23-9-15-26(34)19-28(23)30,25-13-7-22(8-14-25)21-5-3-2-4-6-21)32-29-20-27(35)16-10-24(29)12-18-31(32)36/h2-20,30,34-36H,1H3. The van der Waals surface area contributed by atoms with E-state index in [1.54, 1.807) is 24.3 Å². The third-order valence-corrected chi connectivity index (χ3v) is 7.59. The van der Waals surface area contributed by atoms with Crippen LogP contribution in [-0.2, 0) is 5.41 Å². The molecule has 0 heterocycles. The highest BCUT2D eigenvalue weighted by molar-refractivity contribution is 5.91. The summed E-state index contributed by atoms with van der Waals surface area (Å²) in [6, 6.07) is 33.0. The van der Waals surface area contributed by atoms with Gasteiger partial charge >= 0.3 is 0 Å². The van der Waals surface area contributed by atoms with Gasteiger partial charge in [-0.3, -0.25) is 0 Å². The first-order chi connectivity index (χ1) is 17.4. The Balaban J connectivity index is 1.62. The molecule has 0 aromatic heterocycles. The first-order valence-corrected chi connectivity index (χ1v) is 12.1. The molecule has 0 amide bonds. The van der Waals surface area contributed by atoms with E-state index in [-0.39, 0.29) is 23.2 Å². The second kappa shape index (κ2) is 8.31. The fraction of sp³-hybridized carbons (Fsp3) is 0.0909. The van der Waals surface area contributed by atoms with Crippen molar-refractivity contribution in [3.8, 4) is 28.4 Å². The molecule has 0 aliphatic heterocycles. The topological polar surface area (TPSA) is 60.7 Å². The summed E-state index contributed by atoms with van der Waals surface area (Å²) < 4.78 is 0. The number of phenols is 3. The quantitative estimate of drug-likeness (QED) is 0.252. The minimum atomic E-state index is -0.706. The second-order valence-corrected chi connectivity index (χ2v) is 9.66. The molecule has 0 spiro atoms. The normalized spacial score (nSPS) is 16.1. The number of rotatable bonds is 4. The van der Waals surface area contributed by atoms with Crippen LogP contribution in [0.1, 0.15) is 35.1 Å². The van der Waals surface area contributed by atoms with Crippen molar-refractivity contribution < 1.29 is 15.3 Å². The predicted octanol–water partition coefficient (Wildman–Crippen LogP) is 7.74. The lowest BCUT2D eigenvalue weighted by Crippen LogP contribution is -2.31. The Labute approximate surface area is 210 Å². The zero-order valence-electron chi connectivity index (χ0n) is 19.9. The van der Waals surface area contributed by atoms with E-state index in [9.17, 15) is 15.3 Å². The summed E-state index contributed by atoms with van der Waals surface area (Å²) >= 11 is 0. The van der Waals surface area contributed by atoms with Crippen molar-refractivity contribution in [2.75, 3.05) is 0 Å². The van der Waals surface area contributed by atoms with Crippen LogP contribution in [0.3, 0.4) is 0 Å². The van der Waals surface area contributed by atoms with Crippen LogP contribution in [0.15, 0.2) is 109 Å². The molecule has 0 radical (unpaired) electrons. The van der Waals surface area contributed by atoms with Gasteiger partial charge in [-0.25, -0.2) is 0 Å². The molecular weight excluding hydrogens is 444 g/mol. The van der Waals surface area contributed by atoms with Crippen molar-refractivity contribution in [1.82, 2.24) is 0 Å². The van der Waals surface area contributed by atoms with E-state index < -0.39 is 5.41 Å². The van der Waals surface area contributed by atoms with E-state index in [0.717, 1.165) is 44.2 Å². The monoisotopic (exact) mass is 470 g/mol. The average molecular weight is 471 g/mol. The van der Waals surface area contributed by atoms with Crippen LogP contribution in [0.4, 0.5) is 0 Å². The van der Waals surface area contributed by atoms with Gasteiger partial charge in [0, 0.05) is 16.9 Å². The van der Waals surface area contributed by atoms with Gasteiger partial charge in [-0.05, 0) is 68.9 Å². The van der Waals surface area contributed by atoms with Gasteiger partial charge in [0.15, 0.2) is 0 Å². The lowest BCUT2D eigenvalue weighted by atomic mass is 9.64. The number of aromatic hydroxyl groups is 3. The maximum Gasteiger partial charge on any atom is 0.120 e. The van der Waals surface area contributed by atoms with Crippen molar-refractivity contribution in [3.63, 3.8) is 0 Å². The molecule has 1 aliphatic carbocycles. The molecule has 2 atom stereocenters. The molecule has 2 unspecified atom stereocenters. The summed E-state index contributed by atoms with van der Waals surface area (Å²) in [5.74, 6) is 0.380. The van der Waals surface area contributed by atoms with E-state index in [4.69, 9.17) is 0 Å². The van der Waals surface area contributed by atoms with Crippen LogP contribution >= 0.6 is 0 Å². The molecule has 3 N–H and O–H groups in total. The van der Waals surface area contributed by atoms with Crippen molar-refractivity contribution in [3.05, 3.63) is 131 Å². The molecule has 0 fully saturated rings. The Bertz CT molecular complexity index is 1610. The molecule has 1 aliphatic rings. The Hall–Kier alpha value is -4.50. The third kappa shape index (κ3) is 3.44. The number of allylic oxidation sites excluding steroid dienone is 1. The number of fused-ring (bicyclic) bond motifs is 2. The fourth-order valence-corrected chi connectivity index (χ4v) is 5.75. The highest BCUT2D eigenvalue weighted by Gasteiger charge is 2.42. The maximum atomic E-state index is 11.3. The van der Waals surface area contributed by atoms with Crippen LogP contribution < -0.4 is 0 Å². The number of phenolic OH excluding ortho intramolecular Hbond substituents is 3. The lowest BCUT2D eigenvalue weighted by Gasteiger charge is -2.38. The zero-order valence-corrected chi connectivity index (χ0v) is 19.9. The Morgan fingerprint density at radius 1 is 0.667 bits per heavy atom. The van der Waals surface area contributed by atoms with E-state index in [0.29, 0.717) is 0 Å². The van der Waals surface area contributed by atoms with Gasteiger partial charge in [0.05, 0.1) is 0 Å². The molecule has 0 bridgehead atoms. The molecule has 5 aromatic carbocycles. The second-order valence-electron chi connectivity index (χ2n) is 9.66. The molecule has 6 rings (SSSR count). The van der Waals surface area contributed by atoms with Gasteiger partial charge < -0.3 is 15.3 Å². The molecule has 176 valence electrons. The maximum absolute atomic E-state index is 11.3. The van der Waals surface area contributed by atoms with Crippen molar-refractivity contribution in [2.45, 2.75) is 18.3 Å². The predicted molar refractivity (Wildman–Crippen MR) is 145 cm³/mol. The van der Waals surface area contributed by atoms with E-state index >= 15 is 0 Å². The van der Waals surface area contributed by atoms with Crippen molar-refractivity contribution in [1.29, 1.82) is 0 Å². The van der Waals surface area contributed by atoms with Crippen LogP contribution in [0.25, 0.3) is 28.0 Å². The first-order valence-electron chi connectivity index (χ1n) is 12.1. The van der Waals surface area contributed by atoms with Gasteiger partial charge in [0.1, 0.15) is 17.2 Å². The molecule has 3 nitrogen and oxygen atoms in total. The van der Waals surface area contributed by atoms with Gasteiger partial charge in [-0.1, -0.05) is 91.9 Å². The molecule has 0 saturated heterocycles. The van der Waals surface area contributed by atoms with Gasteiger partial charge in [-0.15, -0.1) is 0 Å².